The summed E-state index contributed by atoms with van der Waals surface area (Å²) in [6, 6.07) is 16.4. The number of ether oxygens (including phenoxy) is 1. The Morgan fingerprint density at radius 2 is 1.68 bits per heavy atom. The van der Waals surface area contributed by atoms with E-state index in [0.717, 1.165) is 11.6 Å². The second-order valence-corrected chi connectivity index (χ2v) is 7.58. The second kappa shape index (κ2) is 9.56. The molecule has 0 spiro atoms. The van der Waals surface area contributed by atoms with Gasteiger partial charge in [0, 0.05) is 18.9 Å². The molecule has 174 valence electrons. The number of carbonyl (C=O) groups excluding carboxylic acids is 1. The van der Waals surface area contributed by atoms with Crippen LogP contribution in [0, 0.1) is 5.82 Å². The van der Waals surface area contributed by atoms with Crippen LogP contribution in [0.5, 0.6) is 11.5 Å². The molecule has 0 unspecified atom stereocenters. The number of rotatable bonds is 6. The molecule has 0 bridgehead atoms. The van der Waals surface area contributed by atoms with E-state index in [1.807, 2.05) is 0 Å². The van der Waals surface area contributed by atoms with E-state index in [9.17, 15) is 22.4 Å². The van der Waals surface area contributed by atoms with E-state index in [1.54, 1.807) is 30.3 Å². The molecule has 2 aromatic carbocycles. The monoisotopic (exact) mass is 489 g/mol. The minimum atomic E-state index is -4.58. The number of hydrogen-bond donors (Lipinski definition) is 1. The molecular weight excluding hydrogens is 474 g/mol. The minimum absolute atomic E-state index is 0.00658. The average molecular weight is 490 g/mol. The Labute approximate surface area is 196 Å². The van der Waals surface area contributed by atoms with Crippen molar-refractivity contribution >= 4 is 17.5 Å². The lowest BCUT2D eigenvalue weighted by Gasteiger charge is -2.13. The Hall–Kier alpha value is -3.85. The van der Waals surface area contributed by atoms with Crippen LogP contribution in [0.15, 0.2) is 79.1 Å². The molecular formula is C24H16ClF4N3O2. The number of hydrogen-bond acceptors (Lipinski definition) is 3. The van der Waals surface area contributed by atoms with E-state index >= 15 is 0 Å². The van der Waals surface area contributed by atoms with Crippen molar-refractivity contribution in [3.8, 4) is 17.3 Å². The van der Waals surface area contributed by atoms with Gasteiger partial charge in [0.25, 0.3) is 5.91 Å². The zero-order chi connectivity index (χ0) is 24.3. The number of benzene rings is 2. The molecule has 4 rings (SSSR count). The van der Waals surface area contributed by atoms with Crippen molar-refractivity contribution in [3.63, 3.8) is 0 Å². The zero-order valence-electron chi connectivity index (χ0n) is 17.3. The van der Waals surface area contributed by atoms with Crippen molar-refractivity contribution in [1.29, 1.82) is 0 Å². The topological polar surface area (TPSA) is 56.1 Å². The number of carbonyl (C=O) groups is 1. The molecule has 0 saturated carbocycles. The van der Waals surface area contributed by atoms with E-state index < -0.39 is 17.6 Å². The Balaban J connectivity index is 1.42. The Bertz CT molecular complexity index is 1300. The first kappa shape index (κ1) is 23.3. The molecule has 0 fully saturated rings. The summed E-state index contributed by atoms with van der Waals surface area (Å²) in [6.45, 7) is 0.189. The molecule has 1 N–H and O–H groups in total. The summed E-state index contributed by atoms with van der Waals surface area (Å²) in [5.41, 5.74) is -0.0414. The maximum atomic E-state index is 13.0. The normalized spacial score (nSPS) is 11.3. The van der Waals surface area contributed by atoms with Crippen LogP contribution in [0.3, 0.4) is 0 Å². The van der Waals surface area contributed by atoms with Gasteiger partial charge in [-0.15, -0.1) is 0 Å². The number of alkyl halides is 3. The molecule has 2 heterocycles. The van der Waals surface area contributed by atoms with Crippen LogP contribution in [0.1, 0.15) is 21.6 Å². The van der Waals surface area contributed by atoms with Gasteiger partial charge in [-0.05, 0) is 60.2 Å². The maximum absolute atomic E-state index is 13.0. The molecule has 4 aromatic rings. The lowest BCUT2D eigenvalue weighted by molar-refractivity contribution is -0.137. The molecule has 0 atom stereocenters. The number of nitrogens with zero attached hydrogens (tertiary/aromatic N) is 2. The van der Waals surface area contributed by atoms with Gasteiger partial charge in [0.1, 0.15) is 23.0 Å². The Kier molecular flexibility index (Phi) is 6.56. The largest absolute Gasteiger partial charge is 0.457 e. The van der Waals surface area contributed by atoms with Crippen LogP contribution in [-0.4, -0.2) is 15.5 Å². The number of amides is 1. The fraction of sp³-hybridized carbons (Fsp3) is 0.0833. The van der Waals surface area contributed by atoms with Crippen LogP contribution in [0.4, 0.5) is 17.6 Å². The smallest absolute Gasteiger partial charge is 0.417 e. The van der Waals surface area contributed by atoms with Gasteiger partial charge in [0.15, 0.2) is 5.82 Å². The third kappa shape index (κ3) is 5.37. The van der Waals surface area contributed by atoms with Gasteiger partial charge in [0.2, 0.25) is 0 Å². The number of pyridine rings is 1. The first-order chi connectivity index (χ1) is 16.2. The van der Waals surface area contributed by atoms with Gasteiger partial charge >= 0.3 is 6.18 Å². The van der Waals surface area contributed by atoms with Gasteiger partial charge < -0.3 is 10.1 Å². The summed E-state index contributed by atoms with van der Waals surface area (Å²) in [5.74, 6) is 0.208. The number of nitrogens with one attached hydrogen (secondary N) is 1. The van der Waals surface area contributed by atoms with Gasteiger partial charge in [-0.25, -0.2) is 9.37 Å². The predicted molar refractivity (Wildman–Crippen MR) is 118 cm³/mol. The first-order valence-corrected chi connectivity index (χ1v) is 10.3. The number of aromatic nitrogens is 2. The van der Waals surface area contributed by atoms with Crippen molar-refractivity contribution in [3.05, 3.63) is 107 Å². The minimum Gasteiger partial charge on any atom is -0.457 e. The van der Waals surface area contributed by atoms with E-state index in [4.69, 9.17) is 16.3 Å². The van der Waals surface area contributed by atoms with Crippen LogP contribution in [0.25, 0.3) is 5.82 Å². The molecule has 0 aliphatic rings. The number of halogens is 5. The van der Waals surface area contributed by atoms with E-state index in [0.29, 0.717) is 17.7 Å². The summed E-state index contributed by atoms with van der Waals surface area (Å²) in [4.78, 5) is 16.5. The lowest BCUT2D eigenvalue weighted by atomic mass is 10.2. The molecule has 0 saturated heterocycles. The fourth-order valence-electron chi connectivity index (χ4n) is 3.10. The molecule has 5 nitrogen and oxygen atoms in total. The van der Waals surface area contributed by atoms with E-state index in [-0.39, 0.29) is 28.9 Å². The van der Waals surface area contributed by atoms with Gasteiger partial charge in [-0.2, -0.15) is 13.2 Å². The third-order valence-corrected chi connectivity index (χ3v) is 5.06. The van der Waals surface area contributed by atoms with E-state index in [2.05, 4.69) is 10.3 Å². The quantitative estimate of drug-likeness (QED) is 0.319. The summed E-state index contributed by atoms with van der Waals surface area (Å²) in [6.07, 6.45) is -2.43. The summed E-state index contributed by atoms with van der Waals surface area (Å²) < 4.78 is 58.5. The lowest BCUT2D eigenvalue weighted by Crippen LogP contribution is -2.25. The standard InChI is InChI=1S/C24H16ClF4N3O2/c25-20-12-16(24(27,28)29)14-30-22(20)32-11-1-2-21(32)23(33)31-13-15-3-7-18(8-4-15)34-19-9-5-17(26)6-10-19/h1-12,14H,13H2,(H,31,33). The maximum Gasteiger partial charge on any atom is 0.417 e. The summed E-state index contributed by atoms with van der Waals surface area (Å²) >= 11 is 6.01. The molecule has 1 amide bonds. The SMILES string of the molecule is O=C(NCc1ccc(Oc2ccc(F)cc2)cc1)c1cccn1-c1ncc(C(F)(F)F)cc1Cl. The predicted octanol–water partition coefficient (Wildman–Crippen LogP) is 6.41. The summed E-state index contributed by atoms with van der Waals surface area (Å²) in [7, 11) is 0. The highest BCUT2D eigenvalue weighted by atomic mass is 35.5. The van der Waals surface area contributed by atoms with Crippen molar-refractivity contribution < 1.29 is 27.1 Å². The molecule has 2 aromatic heterocycles. The highest BCUT2D eigenvalue weighted by Crippen LogP contribution is 2.32. The Morgan fingerprint density at radius 3 is 2.29 bits per heavy atom. The zero-order valence-corrected chi connectivity index (χ0v) is 18.1. The highest BCUT2D eigenvalue weighted by molar-refractivity contribution is 6.32. The van der Waals surface area contributed by atoms with Crippen LogP contribution >= 0.6 is 11.6 Å². The third-order valence-electron chi connectivity index (χ3n) is 4.78. The van der Waals surface area contributed by atoms with Crippen molar-refractivity contribution in [2.75, 3.05) is 0 Å². The average Bonchev–Trinajstić information content (AvgIpc) is 3.29. The van der Waals surface area contributed by atoms with Crippen molar-refractivity contribution in [1.82, 2.24) is 14.9 Å². The Morgan fingerprint density at radius 1 is 1.03 bits per heavy atom. The van der Waals surface area contributed by atoms with Crippen LogP contribution < -0.4 is 10.1 Å². The van der Waals surface area contributed by atoms with Crippen LogP contribution in [-0.2, 0) is 12.7 Å². The second-order valence-electron chi connectivity index (χ2n) is 7.17. The van der Waals surface area contributed by atoms with Crippen molar-refractivity contribution in [2.24, 2.45) is 0 Å². The van der Waals surface area contributed by atoms with Crippen LogP contribution in [0.2, 0.25) is 5.02 Å². The summed E-state index contributed by atoms with van der Waals surface area (Å²) in [5, 5.41) is 2.51. The molecule has 34 heavy (non-hydrogen) atoms. The van der Waals surface area contributed by atoms with Gasteiger partial charge in [-0.3, -0.25) is 9.36 Å². The highest BCUT2D eigenvalue weighted by Gasteiger charge is 2.32. The van der Waals surface area contributed by atoms with Gasteiger partial charge in [-0.1, -0.05) is 23.7 Å². The van der Waals surface area contributed by atoms with Gasteiger partial charge in [0.05, 0.1) is 10.6 Å². The first-order valence-electron chi connectivity index (χ1n) is 9.92. The van der Waals surface area contributed by atoms with E-state index in [1.165, 1.54) is 41.1 Å². The molecule has 0 aliphatic carbocycles. The fourth-order valence-corrected chi connectivity index (χ4v) is 3.36. The van der Waals surface area contributed by atoms with Crippen molar-refractivity contribution in [2.45, 2.75) is 12.7 Å². The molecule has 0 aliphatic heterocycles. The molecule has 0 radical (unpaired) electrons. The molecule has 10 heteroatoms.